The predicted octanol–water partition coefficient (Wildman–Crippen LogP) is 4.30. The second-order valence-corrected chi connectivity index (χ2v) is 7.31. The van der Waals surface area contributed by atoms with Gasteiger partial charge in [0.05, 0.1) is 5.69 Å². The summed E-state index contributed by atoms with van der Waals surface area (Å²) in [5.74, 6) is -0.900. The van der Waals surface area contributed by atoms with E-state index in [9.17, 15) is 14.4 Å². The van der Waals surface area contributed by atoms with Crippen molar-refractivity contribution in [3.63, 3.8) is 0 Å². The number of carboxylic acids is 1. The third-order valence-corrected chi connectivity index (χ3v) is 4.76. The molecule has 7 heteroatoms. The second kappa shape index (κ2) is 10.3. The normalized spacial score (nSPS) is 11.8. The number of carbonyl (C=O) groups excluding carboxylic acids is 2. The smallest absolute Gasteiger partial charge is 0.413 e. The van der Waals surface area contributed by atoms with Gasteiger partial charge in [-0.05, 0) is 43.7 Å². The van der Waals surface area contributed by atoms with Crippen LogP contribution in [-0.4, -0.2) is 33.6 Å². The van der Waals surface area contributed by atoms with Gasteiger partial charge in [-0.15, -0.1) is 0 Å². The summed E-state index contributed by atoms with van der Waals surface area (Å²) in [5.41, 5.74) is 3.12. The molecule has 164 valence electrons. The number of ether oxygens (including phenoxy) is 1. The molecule has 0 bridgehead atoms. The van der Waals surface area contributed by atoms with Crippen LogP contribution in [0.25, 0.3) is 6.08 Å². The molecule has 0 aliphatic heterocycles. The minimum Gasteiger partial charge on any atom is -0.480 e. The summed E-state index contributed by atoms with van der Waals surface area (Å²) in [6, 6.07) is 16.9. The molecule has 32 heavy (non-hydrogen) atoms. The van der Waals surface area contributed by atoms with Gasteiger partial charge in [0.25, 0.3) is 0 Å². The molecule has 3 aromatic rings. The monoisotopic (exact) mass is 432 g/mol. The molecule has 0 radical (unpaired) electrons. The fourth-order valence-electron chi connectivity index (χ4n) is 2.99. The Balaban J connectivity index is 1.64. The number of rotatable bonds is 8. The molecular formula is C25H24N2O5. The fourth-order valence-corrected chi connectivity index (χ4v) is 2.99. The molecule has 0 saturated carbocycles. The molecule has 0 fully saturated rings. The molecule has 0 aliphatic rings. The Kier molecular flexibility index (Phi) is 7.23. The molecule has 1 unspecified atom stereocenters. The van der Waals surface area contributed by atoms with E-state index < -0.39 is 18.1 Å². The zero-order valence-electron chi connectivity index (χ0n) is 17.8. The summed E-state index contributed by atoms with van der Waals surface area (Å²) >= 11 is 0. The lowest BCUT2D eigenvalue weighted by Gasteiger charge is -2.10. The van der Waals surface area contributed by atoms with Crippen LogP contribution in [0.3, 0.4) is 0 Å². The first-order valence-electron chi connectivity index (χ1n) is 10.1. The molecular weight excluding hydrogens is 408 g/mol. The zero-order valence-corrected chi connectivity index (χ0v) is 17.8. The molecule has 1 heterocycles. The van der Waals surface area contributed by atoms with Gasteiger partial charge < -0.3 is 19.7 Å². The maximum absolute atomic E-state index is 12.8. The molecule has 0 aliphatic carbocycles. The van der Waals surface area contributed by atoms with E-state index in [0.717, 1.165) is 11.1 Å². The summed E-state index contributed by atoms with van der Waals surface area (Å²) in [4.78, 5) is 35.4. The minimum absolute atomic E-state index is 0.0413. The summed E-state index contributed by atoms with van der Waals surface area (Å²) in [7, 11) is 0. The summed E-state index contributed by atoms with van der Waals surface area (Å²) < 4.78 is 7.00. The number of carbonyl (C=O) groups is 3. The first-order valence-corrected chi connectivity index (χ1v) is 10.1. The van der Waals surface area contributed by atoms with Gasteiger partial charge in [-0.1, -0.05) is 54.1 Å². The Morgan fingerprint density at radius 3 is 2.56 bits per heavy atom. The zero-order chi connectivity index (χ0) is 23.1. The van der Waals surface area contributed by atoms with Gasteiger partial charge in [0, 0.05) is 18.3 Å². The largest absolute Gasteiger partial charge is 0.480 e. The van der Waals surface area contributed by atoms with Crippen molar-refractivity contribution in [3.8, 4) is 5.75 Å². The van der Waals surface area contributed by atoms with Crippen LogP contribution in [0.2, 0.25) is 0 Å². The topological polar surface area (TPSA) is 97.6 Å². The number of benzene rings is 2. The number of nitrogens with one attached hydrogen (secondary N) is 1. The molecule has 1 aromatic heterocycles. The van der Waals surface area contributed by atoms with Crippen LogP contribution in [-0.2, 0) is 11.3 Å². The third-order valence-electron chi connectivity index (χ3n) is 4.76. The lowest BCUT2D eigenvalue weighted by Crippen LogP contribution is -2.39. The van der Waals surface area contributed by atoms with E-state index in [1.165, 1.54) is 6.92 Å². The Morgan fingerprint density at radius 1 is 1.09 bits per heavy atom. The van der Waals surface area contributed by atoms with Crippen LogP contribution in [0.4, 0.5) is 4.79 Å². The first-order chi connectivity index (χ1) is 15.3. The van der Waals surface area contributed by atoms with Crippen molar-refractivity contribution in [3.05, 3.63) is 95.3 Å². The van der Waals surface area contributed by atoms with Crippen molar-refractivity contribution in [1.82, 2.24) is 9.88 Å². The average molecular weight is 432 g/mol. The molecule has 2 N–H and O–H groups in total. The number of amides is 1. The van der Waals surface area contributed by atoms with Crippen molar-refractivity contribution >= 4 is 23.9 Å². The first kappa shape index (κ1) is 22.6. The van der Waals surface area contributed by atoms with Gasteiger partial charge >= 0.3 is 12.1 Å². The molecule has 3 rings (SSSR count). The van der Waals surface area contributed by atoms with E-state index in [1.807, 2.05) is 66.2 Å². The van der Waals surface area contributed by atoms with Crippen LogP contribution < -0.4 is 10.1 Å². The standard InChI is InChI=1S/C25H24N2O5/c1-17-10-12-20(13-11-17)23(28)22-9-5-15-27(22)14-4-7-19-6-3-8-21(16-19)32-25(31)26-18(2)24(29)30/h3-13,15-16,18H,14H2,1-2H3,(H,26,31)(H,29,30)/b7-4+. The fraction of sp³-hybridized carbons (Fsp3) is 0.160. The van der Waals surface area contributed by atoms with Crippen molar-refractivity contribution in [2.24, 2.45) is 0 Å². The van der Waals surface area contributed by atoms with Gasteiger partial charge in [-0.2, -0.15) is 0 Å². The number of aryl methyl sites for hydroxylation is 1. The van der Waals surface area contributed by atoms with Gasteiger partial charge in [0.1, 0.15) is 11.8 Å². The molecule has 7 nitrogen and oxygen atoms in total. The highest BCUT2D eigenvalue weighted by Crippen LogP contribution is 2.16. The highest BCUT2D eigenvalue weighted by Gasteiger charge is 2.15. The number of carboxylic acid groups (broad SMARTS) is 1. The number of aliphatic carboxylic acids is 1. The van der Waals surface area contributed by atoms with Crippen LogP contribution in [0.1, 0.15) is 34.1 Å². The number of nitrogens with zero attached hydrogens (tertiary/aromatic N) is 1. The maximum atomic E-state index is 12.8. The molecule has 0 spiro atoms. The number of ketones is 1. The molecule has 1 atom stereocenters. The van der Waals surface area contributed by atoms with Crippen molar-refractivity contribution in [2.75, 3.05) is 0 Å². The second-order valence-electron chi connectivity index (χ2n) is 7.31. The SMILES string of the molecule is Cc1ccc(C(=O)c2cccn2C/C=C/c2cccc(OC(=O)NC(C)C(=O)O)c2)cc1. The van der Waals surface area contributed by atoms with Crippen LogP contribution in [0, 0.1) is 6.92 Å². The highest BCUT2D eigenvalue weighted by molar-refractivity contribution is 6.08. The number of hydrogen-bond acceptors (Lipinski definition) is 4. The lowest BCUT2D eigenvalue weighted by atomic mass is 10.1. The Bertz CT molecular complexity index is 1150. The van der Waals surface area contributed by atoms with E-state index in [4.69, 9.17) is 9.84 Å². The van der Waals surface area contributed by atoms with E-state index in [0.29, 0.717) is 23.6 Å². The Hall–Kier alpha value is -4.13. The van der Waals surface area contributed by atoms with Gasteiger partial charge in [-0.25, -0.2) is 4.79 Å². The Morgan fingerprint density at radius 2 is 1.84 bits per heavy atom. The van der Waals surface area contributed by atoms with Gasteiger partial charge in [0.15, 0.2) is 0 Å². The van der Waals surface area contributed by atoms with Gasteiger partial charge in [-0.3, -0.25) is 9.59 Å². The number of aromatic nitrogens is 1. The van der Waals surface area contributed by atoms with E-state index in [-0.39, 0.29) is 5.78 Å². The molecule has 2 aromatic carbocycles. The summed E-state index contributed by atoms with van der Waals surface area (Å²) in [5, 5.41) is 11.1. The van der Waals surface area contributed by atoms with Crippen LogP contribution >= 0.6 is 0 Å². The number of hydrogen-bond donors (Lipinski definition) is 2. The lowest BCUT2D eigenvalue weighted by molar-refractivity contribution is -0.138. The van der Waals surface area contributed by atoms with Crippen LogP contribution in [0.15, 0.2) is 72.9 Å². The van der Waals surface area contributed by atoms with E-state index >= 15 is 0 Å². The van der Waals surface area contributed by atoms with Crippen molar-refractivity contribution in [2.45, 2.75) is 26.4 Å². The predicted molar refractivity (Wildman–Crippen MR) is 121 cm³/mol. The maximum Gasteiger partial charge on any atom is 0.413 e. The Labute approximate surface area is 186 Å². The highest BCUT2D eigenvalue weighted by atomic mass is 16.6. The van der Waals surface area contributed by atoms with Crippen molar-refractivity contribution in [1.29, 1.82) is 0 Å². The summed E-state index contributed by atoms with van der Waals surface area (Å²) in [6.07, 6.45) is 4.76. The van der Waals surface area contributed by atoms with E-state index in [2.05, 4.69) is 5.32 Å². The average Bonchev–Trinajstić information content (AvgIpc) is 3.22. The molecule has 0 saturated heterocycles. The van der Waals surface area contributed by atoms with Crippen molar-refractivity contribution < 1.29 is 24.2 Å². The number of allylic oxidation sites excluding steroid dienone is 1. The van der Waals surface area contributed by atoms with E-state index in [1.54, 1.807) is 24.3 Å². The minimum atomic E-state index is -1.15. The van der Waals surface area contributed by atoms with Gasteiger partial charge in [0.2, 0.25) is 5.78 Å². The summed E-state index contributed by atoms with van der Waals surface area (Å²) in [6.45, 7) is 3.81. The quantitative estimate of drug-likeness (QED) is 0.517. The third kappa shape index (κ3) is 5.95. The van der Waals surface area contributed by atoms with Crippen LogP contribution in [0.5, 0.6) is 5.75 Å². The molecule has 1 amide bonds.